The van der Waals surface area contributed by atoms with Crippen LogP contribution in [0.3, 0.4) is 0 Å². The Balaban J connectivity index is 2.03. The molecule has 0 radical (unpaired) electrons. The van der Waals surface area contributed by atoms with E-state index in [1.165, 1.54) is 19.1 Å². The van der Waals surface area contributed by atoms with Gasteiger partial charge in [-0.2, -0.15) is 0 Å². The molecule has 25 heavy (non-hydrogen) atoms. The quantitative estimate of drug-likeness (QED) is 0.931. The highest BCUT2D eigenvalue weighted by molar-refractivity contribution is 5.97. The molecule has 0 aliphatic carbocycles. The topological polar surface area (TPSA) is 72.6 Å². The summed E-state index contributed by atoms with van der Waals surface area (Å²) in [6.45, 7) is 3.44. The Labute approximate surface area is 145 Å². The predicted molar refractivity (Wildman–Crippen MR) is 92.0 cm³/mol. The number of nitrogens with two attached hydrogens (primary N) is 1. The minimum Gasteiger partial charge on any atom is -0.486 e. The van der Waals surface area contributed by atoms with Crippen molar-refractivity contribution in [2.24, 2.45) is 5.73 Å². The van der Waals surface area contributed by atoms with Crippen molar-refractivity contribution in [1.82, 2.24) is 0 Å². The minimum absolute atomic E-state index is 0.0742. The first kappa shape index (κ1) is 17.0. The van der Waals surface area contributed by atoms with Gasteiger partial charge in [-0.1, -0.05) is 0 Å². The van der Waals surface area contributed by atoms with Crippen LogP contribution in [-0.2, 0) is 4.79 Å². The van der Waals surface area contributed by atoms with Crippen molar-refractivity contribution < 1.29 is 18.7 Å². The van der Waals surface area contributed by atoms with Gasteiger partial charge in [-0.3, -0.25) is 9.59 Å². The molecule has 1 heterocycles. The maximum absolute atomic E-state index is 13.1. The van der Waals surface area contributed by atoms with Gasteiger partial charge >= 0.3 is 0 Å². The predicted octanol–water partition coefficient (Wildman–Crippen LogP) is 3.19. The number of fused-ring (bicyclic) bond motifs is 1. The molecular weight excluding hydrogens is 323 g/mol. The molecule has 3 rings (SSSR count). The first-order chi connectivity index (χ1) is 11.9. The van der Waals surface area contributed by atoms with Gasteiger partial charge in [0, 0.05) is 30.5 Å². The lowest BCUT2D eigenvalue weighted by molar-refractivity contribution is -0.117. The molecule has 5 nitrogen and oxygen atoms in total. The number of amides is 2. The summed E-state index contributed by atoms with van der Waals surface area (Å²) in [5, 5.41) is 0. The SMILES string of the molecule is CC(=O)N1c2ccc(C(N)=O)cc2C(Oc2ccc(F)cc2)CC1C. The molecule has 2 amide bonds. The van der Waals surface area contributed by atoms with Gasteiger partial charge in [0.05, 0.1) is 5.69 Å². The number of hydrogen-bond acceptors (Lipinski definition) is 3. The highest BCUT2D eigenvalue weighted by Gasteiger charge is 2.34. The summed E-state index contributed by atoms with van der Waals surface area (Å²) in [6.07, 6.45) is 0.178. The van der Waals surface area contributed by atoms with Crippen LogP contribution in [0.1, 0.15) is 42.3 Å². The molecule has 0 saturated carbocycles. The zero-order valence-electron chi connectivity index (χ0n) is 14.0. The molecule has 6 heteroatoms. The number of nitrogens with zero attached hydrogens (tertiary/aromatic N) is 1. The molecule has 0 saturated heterocycles. The van der Waals surface area contributed by atoms with Crippen LogP contribution < -0.4 is 15.4 Å². The highest BCUT2D eigenvalue weighted by atomic mass is 19.1. The lowest BCUT2D eigenvalue weighted by Gasteiger charge is -2.39. The van der Waals surface area contributed by atoms with Gasteiger partial charge in [0.25, 0.3) is 0 Å². The van der Waals surface area contributed by atoms with Crippen LogP contribution in [0.15, 0.2) is 42.5 Å². The second-order valence-electron chi connectivity index (χ2n) is 6.17. The smallest absolute Gasteiger partial charge is 0.248 e. The fourth-order valence-electron chi connectivity index (χ4n) is 3.23. The molecule has 0 aromatic heterocycles. The van der Waals surface area contributed by atoms with Crippen molar-refractivity contribution >= 4 is 17.5 Å². The van der Waals surface area contributed by atoms with E-state index in [2.05, 4.69) is 0 Å². The van der Waals surface area contributed by atoms with Gasteiger partial charge in [0.15, 0.2) is 0 Å². The Kier molecular flexibility index (Phi) is 4.44. The summed E-state index contributed by atoms with van der Waals surface area (Å²) in [5.74, 6) is -0.453. The van der Waals surface area contributed by atoms with Crippen LogP contribution >= 0.6 is 0 Å². The fourth-order valence-corrected chi connectivity index (χ4v) is 3.23. The Hall–Kier alpha value is -2.89. The van der Waals surface area contributed by atoms with Crippen LogP contribution in [0.25, 0.3) is 0 Å². The van der Waals surface area contributed by atoms with E-state index in [4.69, 9.17) is 10.5 Å². The van der Waals surface area contributed by atoms with E-state index in [0.29, 0.717) is 29.0 Å². The average molecular weight is 342 g/mol. The maximum atomic E-state index is 13.1. The van der Waals surface area contributed by atoms with E-state index in [1.54, 1.807) is 35.2 Å². The first-order valence-electron chi connectivity index (χ1n) is 8.02. The van der Waals surface area contributed by atoms with Gasteiger partial charge in [-0.15, -0.1) is 0 Å². The number of ether oxygens (including phenoxy) is 1. The molecule has 2 unspecified atom stereocenters. The molecule has 0 spiro atoms. The molecule has 2 aromatic carbocycles. The summed E-state index contributed by atoms with van der Waals surface area (Å²) in [6, 6.07) is 10.7. The van der Waals surface area contributed by atoms with Crippen molar-refractivity contribution in [3.05, 3.63) is 59.4 Å². The third-order valence-corrected chi connectivity index (χ3v) is 4.35. The normalized spacial score (nSPS) is 19.2. The van der Waals surface area contributed by atoms with Crippen LogP contribution in [0, 0.1) is 5.82 Å². The van der Waals surface area contributed by atoms with Crippen molar-refractivity contribution in [2.75, 3.05) is 4.90 Å². The molecule has 2 N–H and O–H groups in total. The van der Waals surface area contributed by atoms with E-state index in [0.717, 1.165) is 0 Å². The second-order valence-corrected chi connectivity index (χ2v) is 6.17. The Morgan fingerprint density at radius 2 is 1.88 bits per heavy atom. The molecule has 1 aliphatic heterocycles. The third-order valence-electron chi connectivity index (χ3n) is 4.35. The largest absolute Gasteiger partial charge is 0.486 e. The first-order valence-corrected chi connectivity index (χ1v) is 8.02. The summed E-state index contributed by atoms with van der Waals surface area (Å²) in [7, 11) is 0. The molecular formula is C19H19FN2O3. The number of anilines is 1. The fraction of sp³-hybridized carbons (Fsp3) is 0.263. The molecule has 1 aliphatic rings. The van der Waals surface area contributed by atoms with Gasteiger partial charge in [0.2, 0.25) is 11.8 Å². The van der Waals surface area contributed by atoms with Gasteiger partial charge in [-0.05, 0) is 49.4 Å². The average Bonchev–Trinajstić information content (AvgIpc) is 2.56. The minimum atomic E-state index is -0.545. The number of benzene rings is 2. The van der Waals surface area contributed by atoms with Gasteiger partial charge in [0.1, 0.15) is 17.7 Å². The van der Waals surface area contributed by atoms with Crippen LogP contribution in [0.2, 0.25) is 0 Å². The molecule has 2 aromatic rings. The number of hydrogen-bond donors (Lipinski definition) is 1. The summed E-state index contributed by atoms with van der Waals surface area (Å²) >= 11 is 0. The highest BCUT2D eigenvalue weighted by Crippen LogP contribution is 2.40. The van der Waals surface area contributed by atoms with Crippen LogP contribution in [-0.4, -0.2) is 17.9 Å². The van der Waals surface area contributed by atoms with Crippen molar-refractivity contribution in [1.29, 1.82) is 0 Å². The Morgan fingerprint density at radius 3 is 2.48 bits per heavy atom. The Bertz CT molecular complexity index is 820. The number of rotatable bonds is 3. The number of carbonyl (C=O) groups is 2. The number of primary amides is 1. The Morgan fingerprint density at radius 1 is 1.20 bits per heavy atom. The van der Waals surface area contributed by atoms with Crippen molar-refractivity contribution in [2.45, 2.75) is 32.4 Å². The van der Waals surface area contributed by atoms with Crippen molar-refractivity contribution in [3.63, 3.8) is 0 Å². The monoisotopic (exact) mass is 342 g/mol. The van der Waals surface area contributed by atoms with E-state index in [1.807, 2.05) is 6.92 Å². The van der Waals surface area contributed by atoms with E-state index in [9.17, 15) is 14.0 Å². The third kappa shape index (κ3) is 3.33. The summed E-state index contributed by atoms with van der Waals surface area (Å²) < 4.78 is 19.1. The van der Waals surface area contributed by atoms with Gasteiger partial charge < -0.3 is 15.4 Å². The zero-order chi connectivity index (χ0) is 18.1. The molecule has 130 valence electrons. The van der Waals surface area contributed by atoms with Crippen LogP contribution in [0.4, 0.5) is 10.1 Å². The maximum Gasteiger partial charge on any atom is 0.248 e. The van der Waals surface area contributed by atoms with Gasteiger partial charge in [-0.25, -0.2) is 4.39 Å². The number of carbonyl (C=O) groups excluding carboxylic acids is 2. The molecule has 2 atom stereocenters. The second kappa shape index (κ2) is 6.55. The molecule has 0 fully saturated rings. The number of halogens is 1. The van der Waals surface area contributed by atoms with E-state index < -0.39 is 5.91 Å². The zero-order valence-corrected chi connectivity index (χ0v) is 14.0. The summed E-state index contributed by atoms with van der Waals surface area (Å²) in [5.41, 5.74) is 7.15. The van der Waals surface area contributed by atoms with E-state index >= 15 is 0 Å². The molecule has 0 bridgehead atoms. The van der Waals surface area contributed by atoms with Crippen molar-refractivity contribution in [3.8, 4) is 5.75 Å². The van der Waals surface area contributed by atoms with Crippen LogP contribution in [0.5, 0.6) is 5.75 Å². The lowest BCUT2D eigenvalue weighted by Crippen LogP contribution is -2.43. The standard InChI is InChI=1S/C19H19FN2O3/c1-11-9-18(25-15-6-4-14(20)5-7-15)16-10-13(19(21)24)3-8-17(16)22(11)12(2)23/h3-8,10-11,18H,9H2,1-2H3,(H2,21,24). The van der Waals surface area contributed by atoms with E-state index in [-0.39, 0.29) is 23.9 Å². The summed E-state index contributed by atoms with van der Waals surface area (Å²) in [4.78, 5) is 25.3. The lowest BCUT2D eigenvalue weighted by atomic mass is 9.92.